The number of amides is 3. The fourth-order valence-corrected chi connectivity index (χ4v) is 9.61. The summed E-state index contributed by atoms with van der Waals surface area (Å²) in [5, 5.41) is 12.1. The lowest BCUT2D eigenvalue weighted by Gasteiger charge is -2.46. The van der Waals surface area contributed by atoms with Crippen LogP contribution in [0.2, 0.25) is 0 Å². The molecule has 4 fully saturated rings. The van der Waals surface area contributed by atoms with Gasteiger partial charge in [-0.15, -0.1) is 23.5 Å². The van der Waals surface area contributed by atoms with Crippen LogP contribution in [0.1, 0.15) is 65.5 Å². The maximum atomic E-state index is 13.5. The molecule has 4 aliphatic heterocycles. The number of nitrogens with two attached hydrogens (primary N) is 1. The summed E-state index contributed by atoms with van der Waals surface area (Å²) in [4.78, 5) is 79.1. The number of hydrogen-bond donors (Lipinski definition) is 3. The van der Waals surface area contributed by atoms with Gasteiger partial charge in [-0.3, -0.25) is 19.2 Å². The van der Waals surface area contributed by atoms with Crippen molar-refractivity contribution >= 4 is 59.2 Å². The first-order chi connectivity index (χ1) is 20.6. The number of nitrogens with zero attached hydrogens (tertiary/aromatic N) is 2. The zero-order valence-electron chi connectivity index (χ0n) is 25.0. The number of benzene rings is 1. The molecular weight excluding hydrogens is 612 g/mol. The molecule has 1 aromatic carbocycles. The van der Waals surface area contributed by atoms with Gasteiger partial charge < -0.3 is 35.4 Å². The largest absolute Gasteiger partial charge is 0.479 e. The predicted molar refractivity (Wildman–Crippen MR) is 160 cm³/mol. The summed E-state index contributed by atoms with van der Waals surface area (Å²) < 4.78 is 9.10. The van der Waals surface area contributed by atoms with Crippen molar-refractivity contribution in [3.63, 3.8) is 0 Å². The number of hydrogen-bond acceptors (Lipinski definition) is 11. The highest BCUT2D eigenvalue weighted by molar-refractivity contribution is 8.02. The Kier molecular flexibility index (Phi) is 8.21. The van der Waals surface area contributed by atoms with Gasteiger partial charge in [0.05, 0.1) is 16.5 Å². The molecular formula is C29H36N4O9S2. The monoisotopic (exact) mass is 648 g/mol. The lowest BCUT2D eigenvalue weighted by atomic mass is 9.82. The van der Waals surface area contributed by atoms with Gasteiger partial charge in [0.15, 0.2) is 5.54 Å². The van der Waals surface area contributed by atoms with Crippen molar-refractivity contribution < 1.29 is 43.3 Å². The summed E-state index contributed by atoms with van der Waals surface area (Å²) in [5.41, 5.74) is 4.87. The highest BCUT2D eigenvalue weighted by Gasteiger charge is 2.71. The fraction of sp³-hybridized carbons (Fsp3) is 0.586. The van der Waals surface area contributed by atoms with E-state index in [1.54, 1.807) is 39.8 Å². The van der Waals surface area contributed by atoms with E-state index < -0.39 is 68.9 Å². The summed E-state index contributed by atoms with van der Waals surface area (Å²) in [6.07, 6.45) is 1.16. The maximum absolute atomic E-state index is 13.5. The quantitative estimate of drug-likeness (QED) is 0.188. The highest BCUT2D eigenvalue weighted by atomic mass is 32.2. The highest BCUT2D eigenvalue weighted by Crippen LogP contribution is 2.57. The average molecular weight is 649 g/mol. The molecule has 13 nitrogen and oxygen atoms in total. The fourth-order valence-electron chi connectivity index (χ4n) is 6.24. The van der Waals surface area contributed by atoms with Gasteiger partial charge in [-0.05, 0) is 51.8 Å². The van der Waals surface area contributed by atoms with E-state index in [9.17, 15) is 33.9 Å². The van der Waals surface area contributed by atoms with Crippen molar-refractivity contribution in [1.29, 1.82) is 0 Å². The van der Waals surface area contributed by atoms with Gasteiger partial charge in [-0.1, -0.05) is 19.1 Å². The van der Waals surface area contributed by atoms with E-state index in [4.69, 9.17) is 15.2 Å². The number of nitrogens with one attached hydrogen (secondary N) is 1. The number of esters is 2. The van der Waals surface area contributed by atoms with Gasteiger partial charge in [0.2, 0.25) is 17.7 Å². The van der Waals surface area contributed by atoms with Gasteiger partial charge in [0, 0.05) is 11.2 Å². The molecule has 44 heavy (non-hydrogen) atoms. The van der Waals surface area contributed by atoms with Crippen LogP contribution in [0, 0.1) is 0 Å². The average Bonchev–Trinajstić information content (AvgIpc) is 3.31. The normalized spacial score (nSPS) is 30.0. The molecule has 1 aromatic rings. The molecule has 0 spiro atoms. The summed E-state index contributed by atoms with van der Waals surface area (Å²) in [6, 6.07) is 3.13. The second-order valence-corrected chi connectivity index (χ2v) is 15.9. The first-order valence-electron chi connectivity index (χ1n) is 14.3. The van der Waals surface area contributed by atoms with Crippen LogP contribution in [-0.2, 0) is 33.5 Å². The number of aliphatic carboxylic acids is 1. The van der Waals surface area contributed by atoms with Crippen LogP contribution >= 0.6 is 23.5 Å². The standard InChI is InChI=1S/C29H36N4O9S2/c1-6-7-18(35)42-15-10-8-14(9-11-15)19(30)22(36)31-20-23(37)32-21(27(2,3)44-24(20)32)25(38)41-13-29(26(39)40)28(4,5)43-17-12-16(34)33(17)29/h8-11,17,19-21,24H,6-7,12-13,30H2,1-5H3,(H,31,36)(H,39,40)/t17-,19?,20-,21+,24-,29+/m1/s1. The number of ether oxygens (including phenoxy) is 2. The number of fused-ring (bicyclic) bond motifs is 2. The molecule has 5 rings (SSSR count). The van der Waals surface area contributed by atoms with Gasteiger partial charge >= 0.3 is 17.9 Å². The van der Waals surface area contributed by atoms with Crippen molar-refractivity contribution in [1.82, 2.24) is 15.1 Å². The first kappa shape index (κ1) is 32.1. The topological polar surface area (TPSA) is 186 Å². The number of carboxylic acid groups (broad SMARTS) is 1. The Hall–Kier alpha value is -3.30. The van der Waals surface area contributed by atoms with Gasteiger partial charge in [0.1, 0.15) is 35.9 Å². The summed E-state index contributed by atoms with van der Waals surface area (Å²) >= 11 is 2.68. The van der Waals surface area contributed by atoms with Crippen LogP contribution in [0.15, 0.2) is 24.3 Å². The third-order valence-electron chi connectivity index (χ3n) is 8.69. The van der Waals surface area contributed by atoms with Crippen molar-refractivity contribution in [2.75, 3.05) is 6.61 Å². The van der Waals surface area contributed by atoms with Crippen LogP contribution in [0.25, 0.3) is 0 Å². The van der Waals surface area contributed by atoms with Crippen molar-refractivity contribution in [3.05, 3.63) is 29.8 Å². The van der Waals surface area contributed by atoms with Crippen molar-refractivity contribution in [2.45, 2.75) is 97.8 Å². The minimum Gasteiger partial charge on any atom is -0.479 e. The second-order valence-electron chi connectivity index (χ2n) is 12.3. The zero-order valence-corrected chi connectivity index (χ0v) is 26.7. The lowest BCUT2D eigenvalue weighted by Crippen LogP contribution is -2.72. The molecule has 0 saturated carbocycles. The summed E-state index contributed by atoms with van der Waals surface area (Å²) in [6.45, 7) is 8.27. The molecule has 1 unspecified atom stereocenters. The van der Waals surface area contributed by atoms with Crippen molar-refractivity contribution in [3.8, 4) is 5.75 Å². The van der Waals surface area contributed by atoms with E-state index >= 15 is 0 Å². The van der Waals surface area contributed by atoms with Crippen molar-refractivity contribution in [2.24, 2.45) is 5.73 Å². The molecule has 4 saturated heterocycles. The van der Waals surface area contributed by atoms with E-state index in [1.807, 2.05) is 6.92 Å². The Morgan fingerprint density at radius 2 is 1.77 bits per heavy atom. The molecule has 3 amide bonds. The third-order valence-corrected chi connectivity index (χ3v) is 11.8. The molecule has 6 atom stereocenters. The predicted octanol–water partition coefficient (Wildman–Crippen LogP) is 1.39. The van der Waals surface area contributed by atoms with Gasteiger partial charge in [-0.25, -0.2) is 9.59 Å². The van der Waals surface area contributed by atoms with Crippen LogP contribution < -0.4 is 15.8 Å². The molecule has 0 aromatic heterocycles. The Morgan fingerprint density at radius 1 is 1.11 bits per heavy atom. The minimum absolute atomic E-state index is 0.226. The van der Waals surface area contributed by atoms with Crippen LogP contribution in [0.5, 0.6) is 5.75 Å². The first-order valence-corrected chi connectivity index (χ1v) is 16.1. The van der Waals surface area contributed by atoms with Crippen LogP contribution in [0.3, 0.4) is 0 Å². The number of carbonyl (C=O) groups is 6. The Balaban J connectivity index is 1.23. The number of carbonyl (C=O) groups excluding carboxylic acids is 5. The van der Waals surface area contributed by atoms with Crippen LogP contribution in [-0.4, -0.2) is 95.0 Å². The van der Waals surface area contributed by atoms with E-state index in [-0.39, 0.29) is 30.1 Å². The molecule has 4 N–H and O–H groups in total. The minimum atomic E-state index is -1.75. The number of thioether (sulfide) groups is 2. The van der Waals surface area contributed by atoms with Gasteiger partial charge in [-0.2, -0.15) is 0 Å². The zero-order chi connectivity index (χ0) is 32.4. The number of rotatable bonds is 10. The van der Waals surface area contributed by atoms with Gasteiger partial charge in [0.25, 0.3) is 0 Å². The molecule has 0 aliphatic carbocycles. The second kappa shape index (κ2) is 11.2. The SMILES string of the molecule is CCCC(=O)Oc1ccc(C(N)C(=O)N[C@@H]2C(=O)N3[C@@H]2SC(C)(C)[C@@H]3C(=O)OC[C@@]2(C(=O)O)N3C(=O)C[C@H]3SC2(C)C)cc1. The lowest BCUT2D eigenvalue weighted by molar-refractivity contribution is -0.180. The molecule has 238 valence electrons. The Labute approximate surface area is 262 Å². The Morgan fingerprint density at radius 3 is 2.36 bits per heavy atom. The molecule has 4 aliphatic rings. The number of carboxylic acids is 1. The molecule has 15 heteroatoms. The maximum Gasteiger partial charge on any atom is 0.334 e. The number of β-lactam (4-membered cyclic amide) rings is 2. The third kappa shape index (κ3) is 5.02. The molecule has 4 heterocycles. The van der Waals surface area contributed by atoms with E-state index in [1.165, 1.54) is 45.5 Å². The van der Waals surface area contributed by atoms with E-state index in [0.717, 1.165) is 0 Å². The molecule has 0 bridgehead atoms. The summed E-state index contributed by atoms with van der Waals surface area (Å²) in [5.74, 6) is -3.48. The van der Waals surface area contributed by atoms with E-state index in [0.29, 0.717) is 17.7 Å². The molecule has 0 radical (unpaired) electrons. The summed E-state index contributed by atoms with van der Waals surface area (Å²) in [7, 11) is 0. The Bertz CT molecular complexity index is 1420. The smallest absolute Gasteiger partial charge is 0.334 e. The van der Waals surface area contributed by atoms with Crippen LogP contribution in [0.4, 0.5) is 0 Å². The van der Waals surface area contributed by atoms with E-state index in [2.05, 4.69) is 5.32 Å².